The van der Waals surface area contributed by atoms with Crippen molar-refractivity contribution in [1.82, 2.24) is 10.2 Å². The maximum Gasteiger partial charge on any atom is 0.396 e. The monoisotopic (exact) mass is 213 g/mol. The highest BCUT2D eigenvalue weighted by Gasteiger charge is 2.22. The maximum atomic E-state index is 11.4. The second kappa shape index (κ2) is 4.29. The van der Waals surface area contributed by atoms with Crippen LogP contribution in [0.3, 0.4) is 0 Å². The van der Waals surface area contributed by atoms with Crippen molar-refractivity contribution >= 4 is 12.0 Å². The van der Waals surface area contributed by atoms with E-state index in [1.807, 2.05) is 6.92 Å². The van der Waals surface area contributed by atoms with Gasteiger partial charge >= 0.3 is 17.9 Å². The van der Waals surface area contributed by atoms with E-state index < -0.39 is 11.6 Å². The normalized spacial score (nSPS) is 11.2. The first-order chi connectivity index (χ1) is 6.92. The first-order valence-corrected chi connectivity index (χ1v) is 4.73. The Hall–Kier alpha value is -1.59. The fourth-order valence-electron chi connectivity index (χ4n) is 0.850. The topological polar surface area (TPSA) is 77.2 Å². The number of aromatic nitrogens is 2. The standard InChI is InChI=1S/C9H15N3O3/c1-5-10-8-12-11-6(14-8)7(13)15-9(2,3)4/h5H2,1-4H3,(H,10,12). The molecule has 0 saturated carbocycles. The third-order valence-corrected chi connectivity index (χ3v) is 1.33. The molecule has 1 heterocycles. The molecule has 0 aromatic carbocycles. The number of carbonyl (C=O) groups excluding carboxylic acids is 1. The number of anilines is 1. The lowest BCUT2D eigenvalue weighted by atomic mass is 10.2. The van der Waals surface area contributed by atoms with Gasteiger partial charge in [-0.2, -0.15) is 0 Å². The molecule has 0 aliphatic carbocycles. The average Bonchev–Trinajstić information content (AvgIpc) is 2.50. The molecule has 0 radical (unpaired) electrons. The second-order valence-corrected chi connectivity index (χ2v) is 3.94. The van der Waals surface area contributed by atoms with E-state index in [0.29, 0.717) is 6.54 Å². The first kappa shape index (κ1) is 11.5. The molecule has 6 nitrogen and oxygen atoms in total. The van der Waals surface area contributed by atoms with E-state index in [1.54, 1.807) is 20.8 Å². The van der Waals surface area contributed by atoms with Crippen LogP contribution in [0.5, 0.6) is 0 Å². The number of rotatable bonds is 3. The third-order valence-electron chi connectivity index (χ3n) is 1.33. The van der Waals surface area contributed by atoms with E-state index in [2.05, 4.69) is 15.5 Å². The van der Waals surface area contributed by atoms with Gasteiger partial charge in [0.2, 0.25) is 0 Å². The molecule has 1 rings (SSSR count). The highest BCUT2D eigenvalue weighted by atomic mass is 16.6. The summed E-state index contributed by atoms with van der Waals surface area (Å²) >= 11 is 0. The molecule has 6 heteroatoms. The summed E-state index contributed by atoms with van der Waals surface area (Å²) in [5, 5.41) is 9.99. The zero-order valence-electron chi connectivity index (χ0n) is 9.33. The summed E-state index contributed by atoms with van der Waals surface area (Å²) in [7, 11) is 0. The van der Waals surface area contributed by atoms with Crippen molar-refractivity contribution in [1.29, 1.82) is 0 Å². The Labute approximate surface area is 88.0 Å². The quantitative estimate of drug-likeness (QED) is 0.766. The molecule has 1 aromatic rings. The van der Waals surface area contributed by atoms with E-state index in [9.17, 15) is 4.79 Å². The number of nitrogens with one attached hydrogen (secondary N) is 1. The van der Waals surface area contributed by atoms with Crippen molar-refractivity contribution in [2.45, 2.75) is 33.3 Å². The Morgan fingerprint density at radius 2 is 2.13 bits per heavy atom. The number of hydrogen-bond acceptors (Lipinski definition) is 6. The van der Waals surface area contributed by atoms with Gasteiger partial charge in [-0.15, -0.1) is 0 Å². The van der Waals surface area contributed by atoms with Gasteiger partial charge in [0, 0.05) is 6.54 Å². The number of hydrogen-bond donors (Lipinski definition) is 1. The number of esters is 1. The summed E-state index contributed by atoms with van der Waals surface area (Å²) in [6.07, 6.45) is 0. The van der Waals surface area contributed by atoms with Crippen LogP contribution in [0.1, 0.15) is 38.4 Å². The van der Waals surface area contributed by atoms with Crippen LogP contribution in [0.4, 0.5) is 6.01 Å². The maximum absolute atomic E-state index is 11.4. The highest BCUT2D eigenvalue weighted by Crippen LogP contribution is 2.12. The van der Waals surface area contributed by atoms with Crippen molar-refractivity contribution in [3.63, 3.8) is 0 Å². The fraction of sp³-hybridized carbons (Fsp3) is 0.667. The van der Waals surface area contributed by atoms with Gasteiger partial charge in [-0.3, -0.25) is 0 Å². The molecule has 0 fully saturated rings. The highest BCUT2D eigenvalue weighted by molar-refractivity contribution is 5.84. The van der Waals surface area contributed by atoms with Crippen molar-refractivity contribution in [3.05, 3.63) is 5.89 Å². The van der Waals surface area contributed by atoms with Crippen LogP contribution in [0, 0.1) is 0 Å². The largest absolute Gasteiger partial charge is 0.453 e. The third kappa shape index (κ3) is 3.57. The van der Waals surface area contributed by atoms with Gasteiger partial charge < -0.3 is 14.5 Å². The van der Waals surface area contributed by atoms with Crippen LogP contribution >= 0.6 is 0 Å². The van der Waals surface area contributed by atoms with Crippen molar-refractivity contribution in [2.75, 3.05) is 11.9 Å². The van der Waals surface area contributed by atoms with Crippen molar-refractivity contribution in [3.8, 4) is 0 Å². The lowest BCUT2D eigenvalue weighted by molar-refractivity contribution is 0.00280. The Balaban J connectivity index is 2.66. The van der Waals surface area contributed by atoms with E-state index >= 15 is 0 Å². The fourth-order valence-corrected chi connectivity index (χ4v) is 0.850. The molecule has 0 aliphatic heterocycles. The molecule has 84 valence electrons. The van der Waals surface area contributed by atoms with Gasteiger partial charge in [-0.1, -0.05) is 10.2 Å². The van der Waals surface area contributed by atoms with Gasteiger partial charge in [0.15, 0.2) is 0 Å². The summed E-state index contributed by atoms with van der Waals surface area (Å²) in [5.74, 6) is -0.750. The molecule has 0 atom stereocenters. The van der Waals surface area contributed by atoms with Crippen LogP contribution < -0.4 is 5.32 Å². The lowest BCUT2D eigenvalue weighted by Gasteiger charge is -2.17. The van der Waals surface area contributed by atoms with Gasteiger partial charge in [-0.25, -0.2) is 4.79 Å². The van der Waals surface area contributed by atoms with E-state index in [-0.39, 0.29) is 11.9 Å². The van der Waals surface area contributed by atoms with Crippen LogP contribution in [-0.2, 0) is 4.74 Å². The zero-order chi connectivity index (χ0) is 11.5. The minimum Gasteiger partial charge on any atom is -0.453 e. The summed E-state index contributed by atoms with van der Waals surface area (Å²) in [4.78, 5) is 11.4. The molecule has 0 amide bonds. The molecule has 1 N–H and O–H groups in total. The predicted octanol–water partition coefficient (Wildman–Crippen LogP) is 1.46. The molecule has 0 spiro atoms. The first-order valence-electron chi connectivity index (χ1n) is 4.73. The minimum absolute atomic E-state index is 0.138. The predicted molar refractivity (Wildman–Crippen MR) is 53.6 cm³/mol. The Bertz CT molecular complexity index is 341. The summed E-state index contributed by atoms with van der Waals surface area (Å²) < 4.78 is 10.1. The number of nitrogens with zero attached hydrogens (tertiary/aromatic N) is 2. The molecular weight excluding hydrogens is 198 g/mol. The van der Waals surface area contributed by atoms with Gasteiger partial charge in [0.1, 0.15) is 5.60 Å². The Morgan fingerprint density at radius 3 is 2.67 bits per heavy atom. The van der Waals surface area contributed by atoms with Crippen molar-refractivity contribution < 1.29 is 13.9 Å². The van der Waals surface area contributed by atoms with Gasteiger partial charge in [0.05, 0.1) is 0 Å². The molecule has 15 heavy (non-hydrogen) atoms. The average molecular weight is 213 g/mol. The summed E-state index contributed by atoms with van der Waals surface area (Å²) in [5.41, 5.74) is -0.566. The van der Waals surface area contributed by atoms with Gasteiger partial charge in [0.25, 0.3) is 0 Å². The Morgan fingerprint density at radius 1 is 1.47 bits per heavy atom. The molecule has 0 bridgehead atoms. The van der Waals surface area contributed by atoms with Crippen molar-refractivity contribution in [2.24, 2.45) is 0 Å². The minimum atomic E-state index is -0.612. The van der Waals surface area contributed by atoms with E-state index in [4.69, 9.17) is 9.15 Å². The van der Waals surface area contributed by atoms with E-state index in [0.717, 1.165) is 0 Å². The lowest BCUT2D eigenvalue weighted by Crippen LogP contribution is -2.24. The van der Waals surface area contributed by atoms with Crippen LogP contribution in [-0.4, -0.2) is 28.3 Å². The Kier molecular flexibility index (Phi) is 3.28. The zero-order valence-corrected chi connectivity index (χ0v) is 9.33. The number of ether oxygens (including phenoxy) is 1. The summed E-state index contributed by atoms with van der Waals surface area (Å²) in [6.45, 7) is 7.85. The summed E-state index contributed by atoms with van der Waals surface area (Å²) in [6, 6.07) is 0.221. The second-order valence-electron chi connectivity index (χ2n) is 3.94. The molecular formula is C9H15N3O3. The van der Waals surface area contributed by atoms with Crippen LogP contribution in [0.2, 0.25) is 0 Å². The molecule has 1 aromatic heterocycles. The van der Waals surface area contributed by atoms with Crippen LogP contribution in [0.25, 0.3) is 0 Å². The SMILES string of the molecule is CCNc1nnc(C(=O)OC(C)(C)C)o1. The van der Waals surface area contributed by atoms with E-state index in [1.165, 1.54) is 0 Å². The van der Waals surface area contributed by atoms with Gasteiger partial charge in [-0.05, 0) is 27.7 Å². The molecule has 0 unspecified atom stereocenters. The molecule has 0 saturated heterocycles. The number of carbonyl (C=O) groups is 1. The molecule has 0 aliphatic rings. The smallest absolute Gasteiger partial charge is 0.396 e. The van der Waals surface area contributed by atoms with Crippen LogP contribution in [0.15, 0.2) is 4.42 Å².